The standard InChI is InChI=1S/C19H39N3/c1-7-10-11-18(8-2)19(21-9-3)12-13-20-14-15-22(6)16-17(4)5/h11,14-15,17,19-21H,7-10,12-13,16H2,1-6H3/b15-14-,18-11+. The van der Waals surface area contributed by atoms with Gasteiger partial charge in [0.1, 0.15) is 0 Å². The van der Waals surface area contributed by atoms with Crippen LogP contribution < -0.4 is 10.6 Å². The summed E-state index contributed by atoms with van der Waals surface area (Å²) in [6.07, 6.45) is 11.3. The second-order valence-electron chi connectivity index (χ2n) is 6.42. The number of hydrogen-bond acceptors (Lipinski definition) is 3. The zero-order valence-corrected chi connectivity index (χ0v) is 15.8. The molecule has 0 amide bonds. The van der Waals surface area contributed by atoms with Gasteiger partial charge in [-0.1, -0.05) is 52.7 Å². The molecule has 130 valence electrons. The summed E-state index contributed by atoms with van der Waals surface area (Å²) in [5.41, 5.74) is 1.56. The van der Waals surface area contributed by atoms with E-state index in [2.05, 4.69) is 75.7 Å². The van der Waals surface area contributed by atoms with Crippen LogP contribution >= 0.6 is 0 Å². The fraction of sp³-hybridized carbons (Fsp3) is 0.789. The Labute approximate surface area is 139 Å². The third kappa shape index (κ3) is 10.7. The first-order chi connectivity index (χ1) is 10.5. The minimum absolute atomic E-state index is 0.510. The zero-order chi connectivity index (χ0) is 16.8. The van der Waals surface area contributed by atoms with Gasteiger partial charge in [0.25, 0.3) is 0 Å². The van der Waals surface area contributed by atoms with Crippen LogP contribution in [0.25, 0.3) is 0 Å². The fourth-order valence-electron chi connectivity index (χ4n) is 2.66. The second kappa shape index (κ2) is 13.7. The number of nitrogens with zero attached hydrogens (tertiary/aromatic N) is 1. The first-order valence-corrected chi connectivity index (χ1v) is 9.07. The van der Waals surface area contributed by atoms with Crippen molar-refractivity contribution in [2.24, 2.45) is 5.92 Å². The van der Waals surface area contributed by atoms with Crippen molar-refractivity contribution < 1.29 is 0 Å². The highest BCUT2D eigenvalue weighted by molar-refractivity contribution is 5.10. The van der Waals surface area contributed by atoms with Gasteiger partial charge in [-0.05, 0) is 31.7 Å². The molecule has 22 heavy (non-hydrogen) atoms. The lowest BCUT2D eigenvalue weighted by atomic mass is 9.99. The van der Waals surface area contributed by atoms with Gasteiger partial charge in [-0.15, -0.1) is 0 Å². The molecule has 0 aromatic rings. The third-order valence-corrected chi connectivity index (χ3v) is 3.68. The van der Waals surface area contributed by atoms with Gasteiger partial charge in [0, 0.05) is 38.6 Å². The smallest absolute Gasteiger partial charge is 0.0295 e. The molecule has 0 rings (SSSR count). The molecule has 0 aromatic heterocycles. The normalized spacial score (nSPS) is 13.9. The van der Waals surface area contributed by atoms with Crippen molar-refractivity contribution in [2.45, 2.75) is 66.3 Å². The highest BCUT2D eigenvalue weighted by Gasteiger charge is 2.10. The SMILES string of the molecule is CCC/C=C(\CC)C(CCN/C=C\N(C)CC(C)C)NCC. The van der Waals surface area contributed by atoms with Crippen LogP contribution in [-0.4, -0.2) is 37.6 Å². The van der Waals surface area contributed by atoms with E-state index in [1.54, 1.807) is 5.57 Å². The van der Waals surface area contributed by atoms with Crippen molar-refractivity contribution in [3.63, 3.8) is 0 Å². The molecule has 3 heteroatoms. The number of likely N-dealkylation sites (N-methyl/N-ethyl adjacent to an activating group) is 1. The fourth-order valence-corrected chi connectivity index (χ4v) is 2.66. The molecule has 0 aromatic carbocycles. The van der Waals surface area contributed by atoms with Crippen LogP contribution in [0, 0.1) is 5.92 Å². The van der Waals surface area contributed by atoms with Crippen LogP contribution in [-0.2, 0) is 0 Å². The second-order valence-corrected chi connectivity index (χ2v) is 6.42. The third-order valence-electron chi connectivity index (χ3n) is 3.68. The van der Waals surface area contributed by atoms with Gasteiger partial charge >= 0.3 is 0 Å². The van der Waals surface area contributed by atoms with Crippen molar-refractivity contribution in [2.75, 3.05) is 26.7 Å². The predicted molar refractivity (Wildman–Crippen MR) is 100.0 cm³/mol. The molecule has 2 N–H and O–H groups in total. The Hall–Kier alpha value is -0.960. The predicted octanol–water partition coefficient (Wildman–Crippen LogP) is 4.14. The van der Waals surface area contributed by atoms with E-state index in [-0.39, 0.29) is 0 Å². The van der Waals surface area contributed by atoms with E-state index in [1.165, 1.54) is 12.8 Å². The van der Waals surface area contributed by atoms with E-state index in [4.69, 9.17) is 0 Å². The molecule has 0 fully saturated rings. The van der Waals surface area contributed by atoms with Gasteiger partial charge in [0.15, 0.2) is 0 Å². The van der Waals surface area contributed by atoms with Gasteiger partial charge in [-0.3, -0.25) is 0 Å². The Morgan fingerprint density at radius 3 is 2.45 bits per heavy atom. The average Bonchev–Trinajstić information content (AvgIpc) is 2.46. The number of unbranched alkanes of at least 4 members (excludes halogenated alkanes) is 1. The van der Waals surface area contributed by atoms with Crippen LogP contribution in [0.15, 0.2) is 24.0 Å². The van der Waals surface area contributed by atoms with Gasteiger partial charge in [-0.25, -0.2) is 0 Å². The molecule has 1 atom stereocenters. The van der Waals surface area contributed by atoms with Gasteiger partial charge in [0.05, 0.1) is 0 Å². The minimum Gasteiger partial charge on any atom is -0.390 e. The van der Waals surface area contributed by atoms with E-state index in [1.807, 2.05) is 0 Å². The maximum atomic E-state index is 3.63. The van der Waals surface area contributed by atoms with Crippen LogP contribution in [0.4, 0.5) is 0 Å². The van der Waals surface area contributed by atoms with Gasteiger partial charge in [-0.2, -0.15) is 0 Å². The van der Waals surface area contributed by atoms with Crippen molar-refractivity contribution in [3.05, 3.63) is 24.0 Å². The highest BCUT2D eigenvalue weighted by Crippen LogP contribution is 2.12. The van der Waals surface area contributed by atoms with E-state index < -0.39 is 0 Å². The molecule has 0 radical (unpaired) electrons. The topological polar surface area (TPSA) is 27.3 Å². The van der Waals surface area contributed by atoms with E-state index in [0.29, 0.717) is 12.0 Å². The van der Waals surface area contributed by atoms with Crippen LogP contribution in [0.5, 0.6) is 0 Å². The van der Waals surface area contributed by atoms with Gasteiger partial charge < -0.3 is 15.5 Å². The first-order valence-electron chi connectivity index (χ1n) is 9.07. The number of allylic oxidation sites excluding steroid dienone is 1. The molecule has 0 aliphatic carbocycles. The summed E-state index contributed by atoms with van der Waals surface area (Å²) in [6.45, 7) is 14.3. The number of rotatable bonds is 13. The van der Waals surface area contributed by atoms with E-state index in [0.717, 1.165) is 32.5 Å². The largest absolute Gasteiger partial charge is 0.390 e. The number of hydrogen-bond donors (Lipinski definition) is 2. The summed E-state index contributed by atoms with van der Waals surface area (Å²) in [7, 11) is 2.13. The molecular weight excluding hydrogens is 270 g/mol. The van der Waals surface area contributed by atoms with Crippen molar-refractivity contribution >= 4 is 0 Å². The molecule has 0 aliphatic heterocycles. The molecule has 0 heterocycles. The summed E-state index contributed by atoms with van der Waals surface area (Å²) < 4.78 is 0. The Balaban J connectivity index is 4.22. The van der Waals surface area contributed by atoms with E-state index in [9.17, 15) is 0 Å². The molecule has 3 nitrogen and oxygen atoms in total. The molecule has 0 spiro atoms. The lowest BCUT2D eigenvalue weighted by Crippen LogP contribution is -2.33. The number of nitrogens with one attached hydrogen (secondary N) is 2. The lowest BCUT2D eigenvalue weighted by Gasteiger charge is -2.21. The molecular formula is C19H39N3. The molecule has 0 aliphatic rings. The molecule has 0 bridgehead atoms. The molecule has 1 unspecified atom stereocenters. The summed E-state index contributed by atoms with van der Waals surface area (Å²) in [4.78, 5) is 2.23. The van der Waals surface area contributed by atoms with Crippen molar-refractivity contribution in [1.29, 1.82) is 0 Å². The maximum absolute atomic E-state index is 3.63. The van der Waals surface area contributed by atoms with Crippen molar-refractivity contribution in [3.8, 4) is 0 Å². The molecule has 0 saturated carbocycles. The first kappa shape index (κ1) is 21.0. The lowest BCUT2D eigenvalue weighted by molar-refractivity contribution is 0.388. The minimum atomic E-state index is 0.510. The summed E-state index contributed by atoms with van der Waals surface area (Å²) in [5.74, 6) is 0.698. The summed E-state index contributed by atoms with van der Waals surface area (Å²) in [6, 6.07) is 0.510. The van der Waals surface area contributed by atoms with Gasteiger partial charge in [0.2, 0.25) is 0 Å². The Morgan fingerprint density at radius 1 is 1.18 bits per heavy atom. The quantitative estimate of drug-likeness (QED) is 0.395. The highest BCUT2D eigenvalue weighted by atomic mass is 15.1. The average molecular weight is 310 g/mol. The van der Waals surface area contributed by atoms with Crippen molar-refractivity contribution in [1.82, 2.24) is 15.5 Å². The maximum Gasteiger partial charge on any atom is 0.0295 e. The van der Waals surface area contributed by atoms with Crippen LogP contribution in [0.1, 0.15) is 60.3 Å². The Morgan fingerprint density at radius 2 is 1.91 bits per heavy atom. The van der Waals surface area contributed by atoms with Crippen LogP contribution in [0.3, 0.4) is 0 Å². The zero-order valence-electron chi connectivity index (χ0n) is 15.8. The summed E-state index contributed by atoms with van der Waals surface area (Å²) >= 11 is 0. The Kier molecular flexibility index (Phi) is 13.1. The van der Waals surface area contributed by atoms with E-state index >= 15 is 0 Å². The monoisotopic (exact) mass is 309 g/mol. The summed E-state index contributed by atoms with van der Waals surface area (Å²) in [5, 5.41) is 7.05. The Bertz CT molecular complexity index is 308. The molecule has 0 saturated heterocycles. The van der Waals surface area contributed by atoms with Crippen LogP contribution in [0.2, 0.25) is 0 Å².